The molecule has 0 bridgehead atoms. The number of anilines is 1. The molecule has 5 rings (SSSR count). The molecule has 2 atom stereocenters. The fraction of sp³-hybridized carbons (Fsp3) is 0.409. The third kappa shape index (κ3) is 2.78. The van der Waals surface area contributed by atoms with Crippen LogP contribution in [0.25, 0.3) is 11.1 Å². The molecule has 5 heteroatoms. The first-order valence-electron chi connectivity index (χ1n) is 9.66. The van der Waals surface area contributed by atoms with Gasteiger partial charge in [-0.2, -0.15) is 0 Å². The lowest BCUT2D eigenvalue weighted by atomic mass is 9.87. The molecule has 1 N–H and O–H groups in total. The molecule has 2 aromatic carbocycles. The molecule has 0 saturated carbocycles. The average Bonchev–Trinajstić information content (AvgIpc) is 2.83. The van der Waals surface area contributed by atoms with E-state index in [1.54, 1.807) is 13.0 Å². The summed E-state index contributed by atoms with van der Waals surface area (Å²) >= 11 is 6.15. The maximum atomic E-state index is 12.2. The predicted octanol–water partition coefficient (Wildman–Crippen LogP) is 4.01. The number of carbonyl (C=O) groups is 1. The summed E-state index contributed by atoms with van der Waals surface area (Å²) in [5, 5.41) is 4.16. The minimum Gasteiger partial charge on any atom is -0.375 e. The zero-order chi connectivity index (χ0) is 18.5. The lowest BCUT2D eigenvalue weighted by molar-refractivity contribution is 0.101. The summed E-state index contributed by atoms with van der Waals surface area (Å²) in [6, 6.07) is 10.7. The highest BCUT2D eigenvalue weighted by atomic mass is 35.5. The Hall–Kier alpha value is -1.88. The molecule has 0 aromatic heterocycles. The number of halogens is 1. The second kappa shape index (κ2) is 6.62. The highest BCUT2D eigenvalue weighted by molar-refractivity contribution is 6.31. The van der Waals surface area contributed by atoms with E-state index in [4.69, 9.17) is 16.3 Å². The second-order valence-corrected chi connectivity index (χ2v) is 8.17. The van der Waals surface area contributed by atoms with E-state index in [1.165, 1.54) is 16.8 Å². The molecule has 0 amide bonds. The van der Waals surface area contributed by atoms with E-state index in [9.17, 15) is 4.79 Å². The molecule has 0 radical (unpaired) electrons. The smallest absolute Gasteiger partial charge is 0.160 e. The SMILES string of the molecule is CC(=O)c1cc(Cl)ccc1-c1cc2c3c(c1)C1CNCCC1N3CCOC2. The van der Waals surface area contributed by atoms with Gasteiger partial charge in [0, 0.05) is 46.9 Å². The van der Waals surface area contributed by atoms with Gasteiger partial charge >= 0.3 is 0 Å². The zero-order valence-corrected chi connectivity index (χ0v) is 16.2. The van der Waals surface area contributed by atoms with Gasteiger partial charge in [-0.05, 0) is 60.8 Å². The topological polar surface area (TPSA) is 41.6 Å². The maximum absolute atomic E-state index is 12.2. The van der Waals surface area contributed by atoms with Crippen LogP contribution in [-0.2, 0) is 11.3 Å². The molecule has 3 aliphatic heterocycles. The van der Waals surface area contributed by atoms with Crippen LogP contribution in [0, 0.1) is 0 Å². The summed E-state index contributed by atoms with van der Waals surface area (Å²) in [5.41, 5.74) is 6.72. The number of rotatable bonds is 2. The molecule has 27 heavy (non-hydrogen) atoms. The Bertz CT molecular complexity index is 927. The minimum atomic E-state index is 0.0361. The molecule has 1 saturated heterocycles. The highest BCUT2D eigenvalue weighted by Gasteiger charge is 2.41. The number of ether oxygens (including phenoxy) is 1. The lowest BCUT2D eigenvalue weighted by Crippen LogP contribution is -2.44. The molecule has 0 aliphatic carbocycles. The van der Waals surface area contributed by atoms with E-state index in [1.807, 2.05) is 12.1 Å². The summed E-state index contributed by atoms with van der Waals surface area (Å²) in [5.74, 6) is 0.535. The van der Waals surface area contributed by atoms with E-state index < -0.39 is 0 Å². The Morgan fingerprint density at radius 2 is 2.19 bits per heavy atom. The van der Waals surface area contributed by atoms with Gasteiger partial charge in [-0.1, -0.05) is 17.7 Å². The van der Waals surface area contributed by atoms with Crippen LogP contribution in [0.15, 0.2) is 30.3 Å². The summed E-state index contributed by atoms with van der Waals surface area (Å²) < 4.78 is 5.90. The Kier molecular flexibility index (Phi) is 4.23. The van der Waals surface area contributed by atoms with Crippen molar-refractivity contribution in [3.8, 4) is 11.1 Å². The number of hydrogen-bond donors (Lipinski definition) is 1. The minimum absolute atomic E-state index is 0.0361. The molecule has 1 fully saturated rings. The van der Waals surface area contributed by atoms with Crippen LogP contribution in [0.3, 0.4) is 0 Å². The van der Waals surface area contributed by atoms with Crippen LogP contribution in [0.2, 0.25) is 5.02 Å². The number of piperidine rings is 1. The number of hydrogen-bond acceptors (Lipinski definition) is 4. The Balaban J connectivity index is 1.70. The Labute approximate surface area is 164 Å². The van der Waals surface area contributed by atoms with Gasteiger partial charge < -0.3 is 15.0 Å². The maximum Gasteiger partial charge on any atom is 0.160 e. The van der Waals surface area contributed by atoms with E-state index in [0.717, 1.165) is 43.8 Å². The van der Waals surface area contributed by atoms with Crippen LogP contribution >= 0.6 is 11.6 Å². The number of Topliss-reactive ketones (excluding diaryl/α,β-unsaturated/α-hetero) is 1. The van der Waals surface area contributed by atoms with Gasteiger partial charge in [0.25, 0.3) is 0 Å². The first kappa shape index (κ1) is 17.2. The summed E-state index contributed by atoms with van der Waals surface area (Å²) in [4.78, 5) is 14.8. The van der Waals surface area contributed by atoms with Crippen LogP contribution in [0.4, 0.5) is 5.69 Å². The van der Waals surface area contributed by atoms with Crippen molar-refractivity contribution in [3.05, 3.63) is 52.0 Å². The second-order valence-electron chi connectivity index (χ2n) is 7.73. The fourth-order valence-electron chi connectivity index (χ4n) is 5.00. The first-order chi connectivity index (χ1) is 13.1. The van der Waals surface area contributed by atoms with Gasteiger partial charge in [0.05, 0.1) is 13.2 Å². The van der Waals surface area contributed by atoms with E-state index in [-0.39, 0.29) is 5.78 Å². The van der Waals surface area contributed by atoms with Crippen molar-refractivity contribution < 1.29 is 9.53 Å². The number of benzene rings is 2. The van der Waals surface area contributed by atoms with Crippen molar-refractivity contribution in [1.29, 1.82) is 0 Å². The van der Waals surface area contributed by atoms with Gasteiger partial charge in [0.2, 0.25) is 0 Å². The van der Waals surface area contributed by atoms with Crippen molar-refractivity contribution in [1.82, 2.24) is 5.32 Å². The largest absolute Gasteiger partial charge is 0.375 e. The van der Waals surface area contributed by atoms with E-state index in [0.29, 0.717) is 29.2 Å². The van der Waals surface area contributed by atoms with Crippen molar-refractivity contribution >= 4 is 23.1 Å². The van der Waals surface area contributed by atoms with Gasteiger partial charge in [-0.15, -0.1) is 0 Å². The number of nitrogens with zero attached hydrogens (tertiary/aromatic N) is 1. The molecular weight excluding hydrogens is 360 g/mol. The summed E-state index contributed by atoms with van der Waals surface area (Å²) in [6.07, 6.45) is 1.16. The molecule has 0 spiro atoms. The highest BCUT2D eigenvalue weighted by Crippen LogP contribution is 2.48. The van der Waals surface area contributed by atoms with Gasteiger partial charge in [-0.3, -0.25) is 4.79 Å². The Morgan fingerprint density at radius 3 is 3.04 bits per heavy atom. The molecule has 3 heterocycles. The standard InChI is InChI=1S/C22H23ClN2O2/c1-13(26)18-10-16(23)2-3-17(18)14-8-15-12-27-7-6-25-21-4-5-24-11-20(21)19(9-14)22(15)25/h2-3,8-10,20-21,24H,4-7,11-12H2,1H3. The normalized spacial score (nSPS) is 23.6. The molecule has 2 unspecified atom stereocenters. The molecule has 140 valence electrons. The average molecular weight is 383 g/mol. The number of nitrogens with one attached hydrogen (secondary N) is 1. The molecule has 2 aromatic rings. The third-order valence-corrected chi connectivity index (χ3v) is 6.39. The first-order valence-corrected chi connectivity index (χ1v) is 10.0. The zero-order valence-electron chi connectivity index (χ0n) is 15.4. The van der Waals surface area contributed by atoms with Crippen molar-refractivity contribution in [2.45, 2.75) is 31.9 Å². The van der Waals surface area contributed by atoms with Crippen molar-refractivity contribution in [2.75, 3.05) is 31.1 Å². The summed E-state index contributed by atoms with van der Waals surface area (Å²) in [7, 11) is 0. The van der Waals surface area contributed by atoms with Crippen molar-refractivity contribution in [3.63, 3.8) is 0 Å². The van der Waals surface area contributed by atoms with Gasteiger partial charge in [-0.25, -0.2) is 0 Å². The van der Waals surface area contributed by atoms with Crippen LogP contribution < -0.4 is 10.2 Å². The van der Waals surface area contributed by atoms with Gasteiger partial charge in [0.15, 0.2) is 5.78 Å². The fourth-order valence-corrected chi connectivity index (χ4v) is 5.17. The van der Waals surface area contributed by atoms with Crippen LogP contribution in [0.5, 0.6) is 0 Å². The molecule has 3 aliphatic rings. The van der Waals surface area contributed by atoms with Crippen molar-refractivity contribution in [2.24, 2.45) is 0 Å². The molecular formula is C22H23ClN2O2. The molecule has 4 nitrogen and oxygen atoms in total. The number of ketones is 1. The lowest BCUT2D eigenvalue weighted by Gasteiger charge is -2.33. The summed E-state index contributed by atoms with van der Waals surface area (Å²) in [6.45, 7) is 6.03. The van der Waals surface area contributed by atoms with Gasteiger partial charge in [0.1, 0.15) is 0 Å². The van der Waals surface area contributed by atoms with E-state index >= 15 is 0 Å². The number of carbonyl (C=O) groups excluding carboxylic acids is 1. The quantitative estimate of drug-likeness (QED) is 0.797. The monoisotopic (exact) mass is 382 g/mol. The van der Waals surface area contributed by atoms with E-state index in [2.05, 4.69) is 22.3 Å². The Morgan fingerprint density at radius 1 is 1.30 bits per heavy atom. The predicted molar refractivity (Wildman–Crippen MR) is 108 cm³/mol. The third-order valence-electron chi connectivity index (χ3n) is 6.16. The van der Waals surface area contributed by atoms with Crippen LogP contribution in [-0.4, -0.2) is 38.1 Å². The number of fused-ring (bicyclic) bond motifs is 3. The van der Waals surface area contributed by atoms with Crippen LogP contribution in [0.1, 0.15) is 40.7 Å².